The van der Waals surface area contributed by atoms with Crippen LogP contribution in [0, 0.1) is 0 Å². The molecular weight excluding hydrogens is 195 g/mol. The van der Waals surface area contributed by atoms with Crippen molar-refractivity contribution in [2.45, 2.75) is 18.6 Å². The third-order valence-electron chi connectivity index (χ3n) is 2.05. The summed E-state index contributed by atoms with van der Waals surface area (Å²) in [5.41, 5.74) is 2.28. The standard InChI is InChI=1S/C9H10F3NO/c1-8(13,9(10,11)12)6-4-2-3-5-7(6)14/h2-5,14H,13H2,1H3/t8-/m0/s1. The van der Waals surface area contributed by atoms with E-state index >= 15 is 0 Å². The second-order valence-electron chi connectivity index (χ2n) is 3.22. The number of halogens is 3. The highest BCUT2D eigenvalue weighted by Gasteiger charge is 2.50. The van der Waals surface area contributed by atoms with E-state index in [0.717, 1.165) is 13.0 Å². The van der Waals surface area contributed by atoms with Crippen LogP contribution in [0.25, 0.3) is 0 Å². The Kier molecular flexibility index (Phi) is 2.45. The Labute approximate surface area is 79.2 Å². The van der Waals surface area contributed by atoms with Gasteiger partial charge in [-0.2, -0.15) is 13.2 Å². The highest BCUT2D eigenvalue weighted by Crippen LogP contribution is 2.39. The number of nitrogens with two attached hydrogens (primary N) is 1. The summed E-state index contributed by atoms with van der Waals surface area (Å²) < 4.78 is 37.4. The molecule has 0 aliphatic rings. The van der Waals surface area contributed by atoms with Gasteiger partial charge in [-0.15, -0.1) is 0 Å². The van der Waals surface area contributed by atoms with Crippen LogP contribution in [0.3, 0.4) is 0 Å². The summed E-state index contributed by atoms with van der Waals surface area (Å²) >= 11 is 0. The number of phenolic OH excluding ortho intramolecular Hbond substituents is 1. The van der Waals surface area contributed by atoms with Gasteiger partial charge in [-0.05, 0) is 13.0 Å². The van der Waals surface area contributed by atoms with Gasteiger partial charge >= 0.3 is 6.18 Å². The van der Waals surface area contributed by atoms with Crippen molar-refractivity contribution in [3.05, 3.63) is 29.8 Å². The van der Waals surface area contributed by atoms with Crippen molar-refractivity contribution in [2.24, 2.45) is 5.73 Å². The molecular formula is C9H10F3NO. The van der Waals surface area contributed by atoms with Crippen molar-refractivity contribution >= 4 is 0 Å². The van der Waals surface area contributed by atoms with E-state index in [1.54, 1.807) is 0 Å². The molecule has 0 spiro atoms. The molecule has 0 fully saturated rings. The Morgan fingerprint density at radius 1 is 1.21 bits per heavy atom. The molecule has 0 amide bonds. The molecule has 1 rings (SSSR count). The molecule has 78 valence electrons. The highest BCUT2D eigenvalue weighted by molar-refractivity contribution is 5.38. The van der Waals surface area contributed by atoms with E-state index in [1.165, 1.54) is 18.2 Å². The van der Waals surface area contributed by atoms with Gasteiger partial charge in [0.1, 0.15) is 11.3 Å². The molecule has 0 saturated heterocycles. The lowest BCUT2D eigenvalue weighted by atomic mass is 9.92. The molecule has 0 bridgehead atoms. The first-order valence-electron chi connectivity index (χ1n) is 3.91. The Balaban J connectivity index is 3.23. The van der Waals surface area contributed by atoms with Crippen LogP contribution in [0.1, 0.15) is 12.5 Å². The molecule has 1 aromatic rings. The average Bonchev–Trinajstić information content (AvgIpc) is 2.02. The largest absolute Gasteiger partial charge is 0.508 e. The Hall–Kier alpha value is -1.23. The zero-order valence-electron chi connectivity index (χ0n) is 7.47. The van der Waals surface area contributed by atoms with Crippen molar-refractivity contribution in [2.75, 3.05) is 0 Å². The zero-order chi connectivity index (χ0) is 11.0. The quantitative estimate of drug-likeness (QED) is 0.737. The summed E-state index contributed by atoms with van der Waals surface area (Å²) in [6.07, 6.45) is -4.59. The third kappa shape index (κ3) is 1.68. The van der Waals surface area contributed by atoms with E-state index in [9.17, 15) is 18.3 Å². The van der Waals surface area contributed by atoms with E-state index in [4.69, 9.17) is 5.73 Å². The maximum Gasteiger partial charge on any atom is 0.410 e. The summed E-state index contributed by atoms with van der Waals surface area (Å²) in [5.74, 6) is -0.449. The Bertz CT molecular complexity index is 333. The number of rotatable bonds is 1. The smallest absolute Gasteiger partial charge is 0.410 e. The first kappa shape index (κ1) is 10.8. The van der Waals surface area contributed by atoms with Gasteiger partial charge in [0.2, 0.25) is 0 Å². The molecule has 0 aliphatic carbocycles. The maximum atomic E-state index is 12.5. The van der Waals surface area contributed by atoms with Gasteiger partial charge in [-0.25, -0.2) is 0 Å². The minimum absolute atomic E-state index is 0.326. The maximum absolute atomic E-state index is 12.5. The predicted molar refractivity (Wildman–Crippen MR) is 45.7 cm³/mol. The van der Waals surface area contributed by atoms with Crippen LogP contribution in [0.2, 0.25) is 0 Å². The molecule has 5 heteroatoms. The second-order valence-corrected chi connectivity index (χ2v) is 3.22. The molecule has 0 saturated carbocycles. The summed E-state index contributed by atoms with van der Waals surface area (Å²) in [6.45, 7) is 0.821. The van der Waals surface area contributed by atoms with Crippen molar-refractivity contribution in [1.82, 2.24) is 0 Å². The topological polar surface area (TPSA) is 46.2 Å². The Morgan fingerprint density at radius 2 is 1.71 bits per heavy atom. The average molecular weight is 205 g/mol. The van der Waals surface area contributed by atoms with Gasteiger partial charge in [0, 0.05) is 5.56 Å². The third-order valence-corrected chi connectivity index (χ3v) is 2.05. The first-order chi connectivity index (χ1) is 6.27. The van der Waals surface area contributed by atoms with Crippen LogP contribution in [-0.2, 0) is 5.54 Å². The van der Waals surface area contributed by atoms with Crippen molar-refractivity contribution in [3.8, 4) is 5.75 Å². The number of phenols is 1. The number of alkyl halides is 3. The lowest BCUT2D eigenvalue weighted by Gasteiger charge is -2.28. The molecule has 2 nitrogen and oxygen atoms in total. The first-order valence-corrected chi connectivity index (χ1v) is 3.91. The molecule has 0 aliphatic heterocycles. The van der Waals surface area contributed by atoms with Crippen molar-refractivity contribution in [3.63, 3.8) is 0 Å². The minimum atomic E-state index is -4.59. The fourth-order valence-corrected chi connectivity index (χ4v) is 1.07. The van der Waals surface area contributed by atoms with E-state index < -0.39 is 17.5 Å². The number of aromatic hydroxyl groups is 1. The number of para-hydroxylation sites is 1. The molecule has 1 atom stereocenters. The van der Waals surface area contributed by atoms with Crippen molar-refractivity contribution < 1.29 is 18.3 Å². The Morgan fingerprint density at radius 3 is 2.14 bits per heavy atom. The van der Waals surface area contributed by atoms with E-state index in [1.807, 2.05) is 0 Å². The van der Waals surface area contributed by atoms with Gasteiger partial charge in [0.25, 0.3) is 0 Å². The molecule has 1 aromatic carbocycles. The number of hydrogen-bond donors (Lipinski definition) is 2. The van der Waals surface area contributed by atoms with Crippen LogP contribution in [-0.4, -0.2) is 11.3 Å². The molecule has 14 heavy (non-hydrogen) atoms. The van der Waals surface area contributed by atoms with Gasteiger partial charge in [0.15, 0.2) is 0 Å². The van der Waals surface area contributed by atoms with Crippen LogP contribution >= 0.6 is 0 Å². The van der Waals surface area contributed by atoms with Crippen molar-refractivity contribution in [1.29, 1.82) is 0 Å². The predicted octanol–water partition coefficient (Wildman–Crippen LogP) is 2.13. The molecule has 0 unspecified atom stereocenters. The van der Waals surface area contributed by atoms with E-state index in [2.05, 4.69) is 0 Å². The molecule has 3 N–H and O–H groups in total. The van der Waals surface area contributed by atoms with Gasteiger partial charge in [0.05, 0.1) is 0 Å². The number of benzene rings is 1. The lowest BCUT2D eigenvalue weighted by molar-refractivity contribution is -0.184. The fourth-order valence-electron chi connectivity index (χ4n) is 1.07. The van der Waals surface area contributed by atoms with Gasteiger partial charge in [-0.1, -0.05) is 18.2 Å². The van der Waals surface area contributed by atoms with Crippen LogP contribution in [0.15, 0.2) is 24.3 Å². The zero-order valence-corrected chi connectivity index (χ0v) is 7.47. The summed E-state index contributed by atoms with van der Waals surface area (Å²) in [6, 6.07) is 5.16. The normalized spacial score (nSPS) is 16.4. The van der Waals surface area contributed by atoms with Gasteiger partial charge < -0.3 is 10.8 Å². The molecule has 0 radical (unpaired) electrons. The van der Waals surface area contributed by atoms with E-state index in [-0.39, 0.29) is 5.56 Å². The molecule has 0 aromatic heterocycles. The SMILES string of the molecule is C[C@](N)(c1ccccc1O)C(F)(F)F. The van der Waals surface area contributed by atoms with Gasteiger partial charge in [-0.3, -0.25) is 0 Å². The molecule has 0 heterocycles. The fraction of sp³-hybridized carbons (Fsp3) is 0.333. The highest BCUT2D eigenvalue weighted by atomic mass is 19.4. The van der Waals surface area contributed by atoms with E-state index in [0.29, 0.717) is 0 Å². The summed E-state index contributed by atoms with van der Waals surface area (Å²) in [7, 11) is 0. The summed E-state index contributed by atoms with van der Waals surface area (Å²) in [4.78, 5) is 0. The monoisotopic (exact) mass is 205 g/mol. The van der Waals surface area contributed by atoms with Crippen LogP contribution in [0.5, 0.6) is 5.75 Å². The van der Waals surface area contributed by atoms with Crippen LogP contribution < -0.4 is 5.73 Å². The second kappa shape index (κ2) is 3.16. The summed E-state index contributed by atoms with van der Waals surface area (Å²) in [5, 5.41) is 9.23. The van der Waals surface area contributed by atoms with Crippen LogP contribution in [0.4, 0.5) is 13.2 Å². The minimum Gasteiger partial charge on any atom is -0.508 e. The lowest BCUT2D eigenvalue weighted by Crippen LogP contribution is -2.47. The number of hydrogen-bond acceptors (Lipinski definition) is 2.